The molecule has 160 valence electrons. The second kappa shape index (κ2) is 8.36. The number of piperidine rings is 1. The summed E-state index contributed by atoms with van der Waals surface area (Å²) in [4.78, 5) is 14.9. The molecule has 4 rings (SSSR count). The maximum absolute atomic E-state index is 12.8. The lowest BCUT2D eigenvalue weighted by molar-refractivity contribution is -0.115. The van der Waals surface area contributed by atoms with Crippen LogP contribution < -0.4 is 10.0 Å². The fourth-order valence-corrected chi connectivity index (χ4v) is 6.56. The smallest absolute Gasteiger partial charge is 0.239 e. The number of nitrogens with zero attached hydrogens (tertiary/aromatic N) is 1. The Hall–Kier alpha value is -1.44. The van der Waals surface area contributed by atoms with Gasteiger partial charge < -0.3 is 5.32 Å². The highest BCUT2D eigenvalue weighted by Gasteiger charge is 2.32. The van der Waals surface area contributed by atoms with Gasteiger partial charge in [-0.1, -0.05) is 6.07 Å². The number of hydrogen-bond donors (Lipinski definition) is 2. The number of benzene rings is 1. The van der Waals surface area contributed by atoms with E-state index in [1.54, 1.807) is 0 Å². The van der Waals surface area contributed by atoms with Gasteiger partial charge in [-0.25, -0.2) is 13.1 Å². The fraction of sp³-hybridized carbons (Fsp3) is 0.682. The first-order valence-corrected chi connectivity index (χ1v) is 12.6. The Bertz CT molecular complexity index is 863. The van der Waals surface area contributed by atoms with Gasteiger partial charge >= 0.3 is 0 Å². The molecule has 1 unspecified atom stereocenters. The second-order valence-corrected chi connectivity index (χ2v) is 11.0. The number of rotatable bonds is 6. The maximum Gasteiger partial charge on any atom is 0.239 e. The van der Waals surface area contributed by atoms with Gasteiger partial charge in [0.1, 0.15) is 0 Å². The van der Waals surface area contributed by atoms with E-state index in [9.17, 15) is 13.2 Å². The SMILES string of the molecule is CC(C)N1CCCC(S(=O)(=O)NCC(=O)Nc2c3c(cc4c2CCC4)CCC3)C1. The van der Waals surface area contributed by atoms with Gasteiger partial charge in [-0.15, -0.1) is 0 Å². The van der Waals surface area contributed by atoms with E-state index >= 15 is 0 Å². The molecule has 0 bridgehead atoms. The van der Waals surface area contributed by atoms with Crippen molar-refractivity contribution >= 4 is 21.6 Å². The molecule has 0 aromatic heterocycles. The normalized spacial score (nSPS) is 22.0. The molecule has 2 aliphatic carbocycles. The van der Waals surface area contributed by atoms with Crippen molar-refractivity contribution in [2.75, 3.05) is 25.0 Å². The first kappa shape index (κ1) is 20.8. The van der Waals surface area contributed by atoms with Crippen LogP contribution in [0.2, 0.25) is 0 Å². The van der Waals surface area contributed by atoms with Gasteiger partial charge in [0.2, 0.25) is 15.9 Å². The molecule has 1 aromatic rings. The zero-order valence-electron chi connectivity index (χ0n) is 17.6. The number of aryl methyl sites for hydroxylation is 2. The van der Waals surface area contributed by atoms with Crippen molar-refractivity contribution in [2.24, 2.45) is 0 Å². The van der Waals surface area contributed by atoms with Crippen LogP contribution in [0.3, 0.4) is 0 Å². The van der Waals surface area contributed by atoms with Gasteiger partial charge in [-0.2, -0.15) is 0 Å². The molecule has 1 saturated heterocycles. The number of anilines is 1. The van der Waals surface area contributed by atoms with Crippen LogP contribution in [-0.4, -0.2) is 50.2 Å². The molecule has 1 aliphatic heterocycles. The first-order chi connectivity index (χ1) is 13.8. The molecule has 1 aromatic carbocycles. The molecule has 29 heavy (non-hydrogen) atoms. The summed E-state index contributed by atoms with van der Waals surface area (Å²) in [6.45, 7) is 5.46. The van der Waals surface area contributed by atoms with Crippen LogP contribution in [0.4, 0.5) is 5.69 Å². The number of carbonyl (C=O) groups excluding carboxylic acids is 1. The number of sulfonamides is 1. The van der Waals surface area contributed by atoms with Gasteiger partial charge in [0.05, 0.1) is 11.8 Å². The van der Waals surface area contributed by atoms with Crippen LogP contribution in [0, 0.1) is 0 Å². The molecule has 0 spiro atoms. The lowest BCUT2D eigenvalue weighted by Gasteiger charge is -2.34. The van der Waals surface area contributed by atoms with Crippen LogP contribution in [0.25, 0.3) is 0 Å². The zero-order chi connectivity index (χ0) is 20.6. The van der Waals surface area contributed by atoms with E-state index in [1.165, 1.54) is 22.3 Å². The summed E-state index contributed by atoms with van der Waals surface area (Å²) >= 11 is 0. The summed E-state index contributed by atoms with van der Waals surface area (Å²) < 4.78 is 28.1. The average Bonchev–Trinajstić information content (AvgIpc) is 3.35. The van der Waals surface area contributed by atoms with Gasteiger partial charge in [-0.3, -0.25) is 9.69 Å². The van der Waals surface area contributed by atoms with Gasteiger partial charge in [0, 0.05) is 18.3 Å². The van der Waals surface area contributed by atoms with Crippen LogP contribution in [-0.2, 0) is 40.5 Å². The van der Waals surface area contributed by atoms with E-state index in [2.05, 4.69) is 34.9 Å². The van der Waals surface area contributed by atoms with E-state index in [0.29, 0.717) is 19.0 Å². The summed E-state index contributed by atoms with van der Waals surface area (Å²) in [5, 5.41) is 2.62. The van der Waals surface area contributed by atoms with Crippen molar-refractivity contribution in [3.8, 4) is 0 Å². The molecular formula is C22H33N3O3S. The maximum atomic E-state index is 12.8. The van der Waals surface area contributed by atoms with Crippen molar-refractivity contribution in [3.05, 3.63) is 28.3 Å². The summed E-state index contributed by atoms with van der Waals surface area (Å²) in [5.41, 5.74) is 6.22. The Morgan fingerprint density at radius 2 is 1.76 bits per heavy atom. The zero-order valence-corrected chi connectivity index (χ0v) is 18.4. The number of amides is 1. The standard InChI is InChI=1S/C22H33N3O3S/c1-15(2)25-11-5-8-18(14-25)29(27,28)23-13-21(26)24-22-19-9-3-6-16(19)12-17-7-4-10-20(17)22/h12,15,18,23H,3-11,13-14H2,1-2H3,(H,24,26). The number of likely N-dealkylation sites (tertiary alicyclic amines) is 1. The lowest BCUT2D eigenvalue weighted by Crippen LogP contribution is -2.49. The molecule has 3 aliphatic rings. The molecule has 2 N–H and O–H groups in total. The second-order valence-electron chi connectivity index (χ2n) is 9.00. The number of nitrogens with one attached hydrogen (secondary N) is 2. The van der Waals surface area contributed by atoms with Crippen LogP contribution in [0.15, 0.2) is 6.07 Å². The number of hydrogen-bond acceptors (Lipinski definition) is 4. The van der Waals surface area contributed by atoms with E-state index in [4.69, 9.17) is 0 Å². The lowest BCUT2D eigenvalue weighted by atomic mass is 9.98. The van der Waals surface area contributed by atoms with E-state index in [1.807, 2.05) is 0 Å². The monoisotopic (exact) mass is 419 g/mol. The third-order valence-corrected chi connectivity index (χ3v) is 8.56. The van der Waals surface area contributed by atoms with E-state index in [0.717, 1.165) is 57.2 Å². The third kappa shape index (κ3) is 4.37. The van der Waals surface area contributed by atoms with Crippen molar-refractivity contribution in [1.29, 1.82) is 0 Å². The van der Waals surface area contributed by atoms with Crippen LogP contribution in [0.5, 0.6) is 0 Å². The van der Waals surface area contributed by atoms with Crippen molar-refractivity contribution < 1.29 is 13.2 Å². The van der Waals surface area contributed by atoms with Crippen molar-refractivity contribution in [3.63, 3.8) is 0 Å². The predicted octanol–water partition coefficient (Wildman–Crippen LogP) is 2.39. The Kier molecular flexibility index (Phi) is 6.00. The largest absolute Gasteiger partial charge is 0.324 e. The average molecular weight is 420 g/mol. The van der Waals surface area contributed by atoms with Gasteiger partial charge in [0.15, 0.2) is 0 Å². The highest BCUT2D eigenvalue weighted by molar-refractivity contribution is 7.90. The fourth-order valence-electron chi connectivity index (χ4n) is 5.12. The Morgan fingerprint density at radius 1 is 1.10 bits per heavy atom. The molecule has 7 heteroatoms. The third-order valence-electron chi connectivity index (χ3n) is 6.75. The molecule has 1 amide bonds. The first-order valence-electron chi connectivity index (χ1n) is 11.0. The molecule has 1 fully saturated rings. The molecule has 0 saturated carbocycles. The van der Waals surface area contributed by atoms with Crippen LogP contribution in [0.1, 0.15) is 61.8 Å². The Balaban J connectivity index is 1.41. The molecule has 1 atom stereocenters. The predicted molar refractivity (Wildman–Crippen MR) is 116 cm³/mol. The molecule has 0 radical (unpaired) electrons. The molecular weight excluding hydrogens is 386 g/mol. The highest BCUT2D eigenvalue weighted by Crippen LogP contribution is 2.38. The molecule has 1 heterocycles. The van der Waals surface area contributed by atoms with E-state index < -0.39 is 15.3 Å². The highest BCUT2D eigenvalue weighted by atomic mass is 32.2. The minimum Gasteiger partial charge on any atom is -0.324 e. The summed E-state index contributed by atoms with van der Waals surface area (Å²) in [5.74, 6) is -0.264. The van der Waals surface area contributed by atoms with Gasteiger partial charge in [-0.05, 0) is 94.0 Å². The number of carbonyl (C=O) groups is 1. The van der Waals surface area contributed by atoms with Crippen LogP contribution >= 0.6 is 0 Å². The quantitative estimate of drug-likeness (QED) is 0.742. The molecule has 6 nitrogen and oxygen atoms in total. The summed E-state index contributed by atoms with van der Waals surface area (Å²) in [6.07, 6.45) is 7.92. The van der Waals surface area contributed by atoms with E-state index in [-0.39, 0.29) is 12.5 Å². The topological polar surface area (TPSA) is 78.5 Å². The minimum absolute atomic E-state index is 0.195. The summed E-state index contributed by atoms with van der Waals surface area (Å²) in [7, 11) is -3.51. The summed E-state index contributed by atoms with van der Waals surface area (Å²) in [6, 6.07) is 2.66. The Morgan fingerprint density at radius 3 is 2.38 bits per heavy atom. The van der Waals surface area contributed by atoms with Crippen molar-refractivity contribution in [1.82, 2.24) is 9.62 Å². The van der Waals surface area contributed by atoms with Gasteiger partial charge in [0.25, 0.3) is 0 Å². The minimum atomic E-state index is -3.51. The number of fused-ring (bicyclic) bond motifs is 2. The Labute approximate surface area is 174 Å². The van der Waals surface area contributed by atoms with Crippen molar-refractivity contribution in [2.45, 2.75) is 76.5 Å².